The average molecular weight is 368 g/mol. The highest BCUT2D eigenvalue weighted by atomic mass is 32.2. The standard InChI is InChI=1S/C15H20N4O3S2/c1-12-10-16-19(11-12)13(2)15(20)17-5-7-18(8-6-17)24(21,22)14-4-3-9-23-14/h3-4,9-11,13H,5-8H2,1-2H3. The van der Waals surface area contributed by atoms with Gasteiger partial charge in [0.05, 0.1) is 6.20 Å². The topological polar surface area (TPSA) is 75.5 Å². The van der Waals surface area contributed by atoms with Gasteiger partial charge in [-0.25, -0.2) is 8.42 Å². The first-order valence-corrected chi connectivity index (χ1v) is 10.0. The number of sulfonamides is 1. The predicted octanol–water partition coefficient (Wildman–Crippen LogP) is 1.35. The fourth-order valence-electron chi connectivity index (χ4n) is 2.71. The smallest absolute Gasteiger partial charge is 0.252 e. The van der Waals surface area contributed by atoms with Gasteiger partial charge in [0.1, 0.15) is 10.3 Å². The molecule has 0 saturated carbocycles. The summed E-state index contributed by atoms with van der Waals surface area (Å²) in [5, 5.41) is 5.93. The van der Waals surface area contributed by atoms with Gasteiger partial charge in [-0.15, -0.1) is 11.3 Å². The molecule has 24 heavy (non-hydrogen) atoms. The van der Waals surface area contributed by atoms with E-state index in [-0.39, 0.29) is 11.9 Å². The summed E-state index contributed by atoms with van der Waals surface area (Å²) in [4.78, 5) is 14.3. The zero-order chi connectivity index (χ0) is 17.3. The molecule has 1 atom stereocenters. The number of carbonyl (C=O) groups is 1. The van der Waals surface area contributed by atoms with Gasteiger partial charge < -0.3 is 4.90 Å². The molecule has 3 rings (SSSR count). The van der Waals surface area contributed by atoms with Gasteiger partial charge in [0.2, 0.25) is 5.91 Å². The molecule has 7 nitrogen and oxygen atoms in total. The van der Waals surface area contributed by atoms with E-state index in [9.17, 15) is 13.2 Å². The van der Waals surface area contributed by atoms with Crippen LogP contribution in [0.2, 0.25) is 0 Å². The third-order valence-corrected chi connectivity index (χ3v) is 7.40. The lowest BCUT2D eigenvalue weighted by atomic mass is 10.2. The second-order valence-electron chi connectivity index (χ2n) is 5.84. The van der Waals surface area contributed by atoms with Gasteiger partial charge in [-0.1, -0.05) is 6.07 Å². The van der Waals surface area contributed by atoms with Crippen molar-refractivity contribution in [1.82, 2.24) is 19.0 Å². The monoisotopic (exact) mass is 368 g/mol. The Balaban J connectivity index is 1.64. The van der Waals surface area contributed by atoms with Crippen LogP contribution >= 0.6 is 11.3 Å². The molecule has 1 amide bonds. The lowest BCUT2D eigenvalue weighted by molar-refractivity contribution is -0.135. The molecule has 3 heterocycles. The number of piperazine rings is 1. The van der Waals surface area contributed by atoms with Crippen LogP contribution in [0, 0.1) is 6.92 Å². The van der Waals surface area contributed by atoms with E-state index >= 15 is 0 Å². The Kier molecular flexibility index (Phi) is 4.75. The van der Waals surface area contributed by atoms with Crippen LogP contribution in [0.25, 0.3) is 0 Å². The van der Waals surface area contributed by atoms with Gasteiger partial charge in [-0.3, -0.25) is 9.48 Å². The fourth-order valence-corrected chi connectivity index (χ4v) is 5.28. The zero-order valence-electron chi connectivity index (χ0n) is 13.6. The van der Waals surface area contributed by atoms with Crippen LogP contribution in [0.1, 0.15) is 18.5 Å². The Morgan fingerprint density at radius 2 is 2.00 bits per heavy atom. The number of hydrogen-bond acceptors (Lipinski definition) is 5. The average Bonchev–Trinajstić information content (AvgIpc) is 3.25. The van der Waals surface area contributed by atoms with Crippen LogP contribution in [0.15, 0.2) is 34.1 Å². The van der Waals surface area contributed by atoms with E-state index in [0.717, 1.165) is 5.56 Å². The Morgan fingerprint density at radius 3 is 2.54 bits per heavy atom. The predicted molar refractivity (Wildman–Crippen MR) is 91.3 cm³/mol. The van der Waals surface area contributed by atoms with E-state index in [1.54, 1.807) is 33.3 Å². The van der Waals surface area contributed by atoms with Crippen molar-refractivity contribution in [2.24, 2.45) is 0 Å². The number of hydrogen-bond donors (Lipinski definition) is 0. The van der Waals surface area contributed by atoms with Crippen molar-refractivity contribution in [3.8, 4) is 0 Å². The molecule has 2 aromatic heterocycles. The molecule has 130 valence electrons. The van der Waals surface area contributed by atoms with Crippen LogP contribution in [-0.2, 0) is 14.8 Å². The molecule has 2 aromatic rings. The first-order valence-electron chi connectivity index (χ1n) is 7.73. The summed E-state index contributed by atoms with van der Waals surface area (Å²) in [6, 6.07) is 2.95. The lowest BCUT2D eigenvalue weighted by Crippen LogP contribution is -2.51. The van der Waals surface area contributed by atoms with Gasteiger partial charge in [-0.2, -0.15) is 9.40 Å². The molecule has 0 spiro atoms. The number of nitrogens with zero attached hydrogens (tertiary/aromatic N) is 4. The first-order chi connectivity index (χ1) is 11.4. The molecule has 1 aliphatic heterocycles. The third kappa shape index (κ3) is 3.24. The SMILES string of the molecule is Cc1cnn(C(C)C(=O)N2CCN(S(=O)(=O)c3cccs3)CC2)c1. The van der Waals surface area contributed by atoms with Crippen molar-refractivity contribution in [3.63, 3.8) is 0 Å². The Bertz CT molecular complexity index is 806. The highest BCUT2D eigenvalue weighted by Crippen LogP contribution is 2.22. The minimum Gasteiger partial charge on any atom is -0.338 e. The van der Waals surface area contributed by atoms with Crippen molar-refractivity contribution in [3.05, 3.63) is 35.5 Å². The van der Waals surface area contributed by atoms with E-state index in [2.05, 4.69) is 5.10 Å². The molecule has 0 aromatic carbocycles. The summed E-state index contributed by atoms with van der Waals surface area (Å²) in [7, 11) is -3.44. The highest BCUT2D eigenvalue weighted by molar-refractivity contribution is 7.91. The van der Waals surface area contributed by atoms with Crippen molar-refractivity contribution in [2.45, 2.75) is 24.1 Å². The van der Waals surface area contributed by atoms with Crippen LogP contribution in [0.5, 0.6) is 0 Å². The maximum Gasteiger partial charge on any atom is 0.252 e. The normalized spacial score (nSPS) is 17.8. The van der Waals surface area contributed by atoms with Gasteiger partial charge in [0.25, 0.3) is 10.0 Å². The maximum absolute atomic E-state index is 12.6. The molecule has 1 fully saturated rings. The quantitative estimate of drug-likeness (QED) is 0.816. The second kappa shape index (κ2) is 6.66. The maximum atomic E-state index is 12.6. The molecule has 0 radical (unpaired) electrons. The van der Waals surface area contributed by atoms with Crippen LogP contribution in [0.3, 0.4) is 0 Å². The van der Waals surface area contributed by atoms with Crippen molar-refractivity contribution < 1.29 is 13.2 Å². The summed E-state index contributed by atoms with van der Waals surface area (Å²) in [6.07, 6.45) is 3.55. The summed E-state index contributed by atoms with van der Waals surface area (Å²) < 4.78 is 28.4. The number of carbonyl (C=O) groups excluding carboxylic acids is 1. The van der Waals surface area contributed by atoms with Crippen LogP contribution in [-0.4, -0.2) is 59.5 Å². The third-order valence-electron chi connectivity index (χ3n) is 4.12. The van der Waals surface area contributed by atoms with Crippen molar-refractivity contribution in [1.29, 1.82) is 0 Å². The van der Waals surface area contributed by atoms with Crippen molar-refractivity contribution >= 4 is 27.3 Å². The highest BCUT2D eigenvalue weighted by Gasteiger charge is 2.32. The number of amides is 1. The van der Waals surface area contributed by atoms with E-state index in [4.69, 9.17) is 0 Å². The van der Waals surface area contributed by atoms with Gasteiger partial charge in [-0.05, 0) is 30.9 Å². The van der Waals surface area contributed by atoms with Gasteiger partial charge in [0, 0.05) is 32.4 Å². The summed E-state index contributed by atoms with van der Waals surface area (Å²) >= 11 is 1.21. The zero-order valence-corrected chi connectivity index (χ0v) is 15.3. The van der Waals surface area contributed by atoms with Gasteiger partial charge in [0.15, 0.2) is 0 Å². The molecule has 1 aliphatic rings. The van der Waals surface area contributed by atoms with E-state index in [1.807, 2.05) is 20.0 Å². The minimum absolute atomic E-state index is 0.0359. The molecule has 0 aliphatic carbocycles. The van der Waals surface area contributed by atoms with E-state index in [1.165, 1.54) is 15.6 Å². The lowest BCUT2D eigenvalue weighted by Gasteiger charge is -2.35. The molecule has 0 bridgehead atoms. The van der Waals surface area contributed by atoms with Crippen molar-refractivity contribution in [2.75, 3.05) is 26.2 Å². The minimum atomic E-state index is -3.44. The molecule has 1 saturated heterocycles. The summed E-state index contributed by atoms with van der Waals surface area (Å²) in [5.41, 5.74) is 1.00. The Labute approximate surface area is 145 Å². The second-order valence-corrected chi connectivity index (χ2v) is 8.95. The Hall–Kier alpha value is -1.71. The van der Waals surface area contributed by atoms with E-state index < -0.39 is 10.0 Å². The largest absolute Gasteiger partial charge is 0.338 e. The number of rotatable bonds is 4. The van der Waals surface area contributed by atoms with Crippen LogP contribution in [0.4, 0.5) is 0 Å². The number of thiophene rings is 1. The molecular weight excluding hydrogens is 348 g/mol. The first kappa shape index (κ1) is 17.1. The number of aryl methyl sites for hydroxylation is 1. The van der Waals surface area contributed by atoms with Gasteiger partial charge >= 0.3 is 0 Å². The van der Waals surface area contributed by atoms with Crippen LogP contribution < -0.4 is 0 Å². The summed E-state index contributed by atoms with van der Waals surface area (Å²) in [6.45, 7) is 5.16. The number of aromatic nitrogens is 2. The fraction of sp³-hybridized carbons (Fsp3) is 0.467. The molecule has 9 heteroatoms. The van der Waals surface area contributed by atoms with E-state index in [0.29, 0.717) is 30.4 Å². The summed E-state index contributed by atoms with van der Waals surface area (Å²) in [5.74, 6) is -0.0359. The molecule has 0 N–H and O–H groups in total. The molecule has 1 unspecified atom stereocenters. The molecular formula is C15H20N4O3S2. The Morgan fingerprint density at radius 1 is 1.29 bits per heavy atom.